The fourth-order valence-corrected chi connectivity index (χ4v) is 1.07. The van der Waals surface area contributed by atoms with Gasteiger partial charge in [-0.15, -0.1) is 13.2 Å². The van der Waals surface area contributed by atoms with Gasteiger partial charge in [-0.2, -0.15) is 5.26 Å². The average molecular weight is 230 g/mol. The van der Waals surface area contributed by atoms with E-state index in [0.29, 0.717) is 5.56 Å². The minimum absolute atomic E-state index is 0.343. The summed E-state index contributed by atoms with van der Waals surface area (Å²) in [4.78, 5) is 0. The first-order valence-corrected chi connectivity index (χ1v) is 4.31. The molecule has 1 atom stereocenters. The van der Waals surface area contributed by atoms with Crippen molar-refractivity contribution in [2.45, 2.75) is 18.8 Å². The Morgan fingerprint density at radius 2 is 1.75 bits per heavy atom. The van der Waals surface area contributed by atoms with Crippen LogP contribution in [0.5, 0.6) is 5.75 Å². The number of rotatable bonds is 2. The second kappa shape index (κ2) is 4.02. The first-order valence-electron chi connectivity index (χ1n) is 4.31. The lowest BCUT2D eigenvalue weighted by molar-refractivity contribution is -0.274. The lowest BCUT2D eigenvalue weighted by Crippen LogP contribution is -2.30. The first kappa shape index (κ1) is 12.3. The van der Waals surface area contributed by atoms with E-state index in [1.165, 1.54) is 19.1 Å². The first-order chi connectivity index (χ1) is 7.24. The van der Waals surface area contributed by atoms with Gasteiger partial charge in [0.15, 0.2) is 0 Å². The summed E-state index contributed by atoms with van der Waals surface area (Å²) in [5.74, 6) is -0.343. The van der Waals surface area contributed by atoms with Crippen molar-refractivity contribution in [1.29, 1.82) is 5.26 Å². The average Bonchev–Trinajstić information content (AvgIpc) is 2.16. The minimum Gasteiger partial charge on any atom is -0.406 e. The minimum atomic E-state index is -4.72. The number of nitrogens with two attached hydrogens (primary N) is 1. The van der Waals surface area contributed by atoms with E-state index in [-0.39, 0.29) is 5.75 Å². The summed E-state index contributed by atoms with van der Waals surface area (Å²) in [5.41, 5.74) is 4.79. The van der Waals surface area contributed by atoms with E-state index in [2.05, 4.69) is 4.74 Å². The number of hydrogen-bond acceptors (Lipinski definition) is 3. The van der Waals surface area contributed by atoms with Crippen molar-refractivity contribution in [3.8, 4) is 11.8 Å². The van der Waals surface area contributed by atoms with Gasteiger partial charge in [0.05, 0.1) is 6.07 Å². The predicted octanol–water partition coefficient (Wildman–Crippen LogP) is 2.28. The third-order valence-electron chi connectivity index (χ3n) is 1.92. The summed E-state index contributed by atoms with van der Waals surface area (Å²) < 4.78 is 39.2. The standard InChI is InChI=1S/C10H9F3N2O/c1-9(15,6-14)7-2-4-8(5-3-7)16-10(11,12)13/h2-5H,15H2,1H3. The highest BCUT2D eigenvalue weighted by Crippen LogP contribution is 2.25. The summed E-state index contributed by atoms with van der Waals surface area (Å²) in [6, 6.07) is 6.72. The molecular formula is C10H9F3N2O. The second-order valence-electron chi connectivity index (χ2n) is 3.39. The fraction of sp³-hybridized carbons (Fsp3) is 0.300. The van der Waals surface area contributed by atoms with Gasteiger partial charge in [0.2, 0.25) is 0 Å². The molecule has 0 heterocycles. The Bertz CT molecular complexity index is 404. The highest BCUT2D eigenvalue weighted by atomic mass is 19.4. The highest BCUT2D eigenvalue weighted by molar-refractivity contribution is 5.34. The number of nitrogens with zero attached hydrogens (tertiary/aromatic N) is 1. The third-order valence-corrected chi connectivity index (χ3v) is 1.92. The summed E-state index contributed by atoms with van der Waals surface area (Å²) in [5, 5.41) is 8.72. The van der Waals surface area contributed by atoms with Gasteiger partial charge in [-0.3, -0.25) is 0 Å². The number of benzene rings is 1. The van der Waals surface area contributed by atoms with E-state index >= 15 is 0 Å². The van der Waals surface area contributed by atoms with Crippen molar-refractivity contribution in [2.24, 2.45) is 5.73 Å². The molecule has 0 aliphatic rings. The molecular weight excluding hydrogens is 221 g/mol. The van der Waals surface area contributed by atoms with Crippen LogP contribution < -0.4 is 10.5 Å². The Balaban J connectivity index is 2.89. The Morgan fingerprint density at radius 3 is 2.12 bits per heavy atom. The van der Waals surface area contributed by atoms with Crippen LogP contribution in [0.4, 0.5) is 13.2 Å². The Kier molecular flexibility index (Phi) is 3.10. The summed E-state index contributed by atoms with van der Waals surface area (Å²) in [6.45, 7) is 1.46. The number of halogens is 3. The van der Waals surface area contributed by atoms with Crippen LogP contribution in [-0.2, 0) is 5.54 Å². The number of ether oxygens (including phenoxy) is 1. The molecule has 0 saturated heterocycles. The van der Waals surface area contributed by atoms with E-state index in [0.717, 1.165) is 12.1 Å². The molecule has 1 unspecified atom stereocenters. The molecule has 86 valence electrons. The molecule has 16 heavy (non-hydrogen) atoms. The second-order valence-corrected chi connectivity index (χ2v) is 3.39. The van der Waals surface area contributed by atoms with Gasteiger partial charge in [-0.1, -0.05) is 12.1 Å². The van der Waals surface area contributed by atoms with Gasteiger partial charge < -0.3 is 10.5 Å². The molecule has 0 amide bonds. The Morgan fingerprint density at radius 1 is 1.25 bits per heavy atom. The smallest absolute Gasteiger partial charge is 0.406 e. The number of alkyl halides is 3. The van der Waals surface area contributed by atoms with Crippen LogP contribution in [0.1, 0.15) is 12.5 Å². The van der Waals surface area contributed by atoms with E-state index in [4.69, 9.17) is 11.0 Å². The van der Waals surface area contributed by atoms with Crippen LogP contribution in [0.3, 0.4) is 0 Å². The lowest BCUT2D eigenvalue weighted by Gasteiger charge is -2.16. The topological polar surface area (TPSA) is 59.0 Å². The Labute approximate surface area is 90.2 Å². The van der Waals surface area contributed by atoms with Crippen molar-refractivity contribution in [2.75, 3.05) is 0 Å². The van der Waals surface area contributed by atoms with Crippen molar-refractivity contribution in [1.82, 2.24) is 0 Å². The zero-order valence-corrected chi connectivity index (χ0v) is 8.38. The van der Waals surface area contributed by atoms with Crippen molar-refractivity contribution in [3.05, 3.63) is 29.8 Å². The maximum absolute atomic E-state index is 11.8. The highest BCUT2D eigenvalue weighted by Gasteiger charge is 2.31. The van der Waals surface area contributed by atoms with E-state index in [1.807, 2.05) is 6.07 Å². The van der Waals surface area contributed by atoms with Crippen LogP contribution in [-0.4, -0.2) is 6.36 Å². The summed E-state index contributed by atoms with van der Waals surface area (Å²) in [7, 11) is 0. The molecule has 6 heteroatoms. The molecule has 0 saturated carbocycles. The molecule has 2 N–H and O–H groups in total. The Hall–Kier alpha value is -1.74. The van der Waals surface area contributed by atoms with Gasteiger partial charge in [0.1, 0.15) is 11.3 Å². The lowest BCUT2D eigenvalue weighted by atomic mass is 9.95. The summed E-state index contributed by atoms with van der Waals surface area (Å²) >= 11 is 0. The van der Waals surface area contributed by atoms with Crippen LogP contribution in [0.2, 0.25) is 0 Å². The predicted molar refractivity (Wildman–Crippen MR) is 50.3 cm³/mol. The monoisotopic (exact) mass is 230 g/mol. The van der Waals surface area contributed by atoms with E-state index < -0.39 is 11.9 Å². The maximum Gasteiger partial charge on any atom is 0.573 e. The largest absolute Gasteiger partial charge is 0.573 e. The SMILES string of the molecule is CC(N)(C#N)c1ccc(OC(F)(F)F)cc1. The number of nitriles is 1. The zero-order valence-electron chi connectivity index (χ0n) is 8.38. The molecule has 0 radical (unpaired) electrons. The molecule has 1 aromatic rings. The quantitative estimate of drug-likeness (QED) is 0.847. The van der Waals surface area contributed by atoms with Crippen molar-refractivity contribution >= 4 is 0 Å². The van der Waals surface area contributed by atoms with E-state index in [1.54, 1.807) is 0 Å². The summed E-state index contributed by atoms with van der Waals surface area (Å²) in [6.07, 6.45) is -4.72. The van der Waals surface area contributed by atoms with Gasteiger partial charge in [-0.25, -0.2) is 0 Å². The van der Waals surface area contributed by atoms with Gasteiger partial charge in [0, 0.05) is 0 Å². The molecule has 0 spiro atoms. The van der Waals surface area contributed by atoms with Gasteiger partial charge >= 0.3 is 6.36 Å². The van der Waals surface area contributed by atoms with Gasteiger partial charge in [-0.05, 0) is 24.6 Å². The molecule has 0 aromatic heterocycles. The molecule has 0 bridgehead atoms. The van der Waals surface area contributed by atoms with Crippen LogP contribution >= 0.6 is 0 Å². The molecule has 0 fully saturated rings. The molecule has 0 aliphatic heterocycles. The zero-order chi connectivity index (χ0) is 12.4. The molecule has 3 nitrogen and oxygen atoms in total. The molecule has 1 aromatic carbocycles. The van der Waals surface area contributed by atoms with Gasteiger partial charge in [0.25, 0.3) is 0 Å². The molecule has 1 rings (SSSR count). The fourth-order valence-electron chi connectivity index (χ4n) is 1.07. The van der Waals surface area contributed by atoms with Crippen LogP contribution in [0.15, 0.2) is 24.3 Å². The van der Waals surface area contributed by atoms with Crippen LogP contribution in [0, 0.1) is 11.3 Å². The van der Waals surface area contributed by atoms with Crippen molar-refractivity contribution < 1.29 is 17.9 Å². The maximum atomic E-state index is 11.8. The molecule has 0 aliphatic carbocycles. The van der Waals surface area contributed by atoms with Crippen LogP contribution in [0.25, 0.3) is 0 Å². The third kappa shape index (κ3) is 3.14. The van der Waals surface area contributed by atoms with Crippen molar-refractivity contribution in [3.63, 3.8) is 0 Å². The van der Waals surface area contributed by atoms with E-state index in [9.17, 15) is 13.2 Å². The normalized spacial score (nSPS) is 15.0. The number of hydrogen-bond donors (Lipinski definition) is 1.